The average Bonchev–Trinajstić information content (AvgIpc) is 2.28. The van der Waals surface area contributed by atoms with Gasteiger partial charge in [-0.3, -0.25) is 14.4 Å². The Kier molecular flexibility index (Phi) is 9.03. The molecule has 7 nitrogen and oxygen atoms in total. The molecule has 18 heavy (non-hydrogen) atoms. The van der Waals surface area contributed by atoms with Gasteiger partial charge < -0.3 is 20.3 Å². The fourth-order valence-electron chi connectivity index (χ4n) is 1.17. The summed E-state index contributed by atoms with van der Waals surface area (Å²) in [6.07, 6.45) is 0.254. The molecule has 0 fully saturated rings. The van der Waals surface area contributed by atoms with Crippen LogP contribution >= 0.6 is 12.6 Å². The molecule has 0 aromatic heterocycles. The van der Waals surface area contributed by atoms with Crippen LogP contribution in [-0.4, -0.2) is 53.6 Å². The number of aliphatic carboxylic acids is 2. The average molecular weight is 279 g/mol. The third-order valence-electron chi connectivity index (χ3n) is 2.06. The van der Waals surface area contributed by atoms with Crippen LogP contribution in [0.25, 0.3) is 0 Å². The number of ether oxygens (including phenoxy) is 1. The maximum Gasteiger partial charge on any atom is 0.317 e. The van der Waals surface area contributed by atoms with Crippen molar-refractivity contribution >= 4 is 30.5 Å². The fraction of sp³-hybridized carbons (Fsp3) is 0.700. The molecule has 0 heterocycles. The van der Waals surface area contributed by atoms with Gasteiger partial charge in [-0.2, -0.15) is 12.6 Å². The van der Waals surface area contributed by atoms with Gasteiger partial charge in [-0.1, -0.05) is 0 Å². The van der Waals surface area contributed by atoms with Crippen molar-refractivity contribution in [3.05, 3.63) is 0 Å². The van der Waals surface area contributed by atoms with E-state index in [1.54, 1.807) is 0 Å². The monoisotopic (exact) mass is 279 g/mol. The van der Waals surface area contributed by atoms with E-state index in [1.807, 2.05) is 0 Å². The second-order valence-corrected chi connectivity index (χ2v) is 3.94. The number of rotatable bonds is 10. The molecule has 0 unspecified atom stereocenters. The van der Waals surface area contributed by atoms with Crippen LogP contribution in [0.2, 0.25) is 0 Å². The Bertz CT molecular complexity index is 282. The predicted molar refractivity (Wildman–Crippen MR) is 65.7 cm³/mol. The highest BCUT2D eigenvalue weighted by Crippen LogP contribution is 2.06. The second-order valence-electron chi connectivity index (χ2n) is 3.50. The van der Waals surface area contributed by atoms with E-state index in [2.05, 4.69) is 17.9 Å². The van der Waals surface area contributed by atoms with Gasteiger partial charge in [0, 0.05) is 12.3 Å². The zero-order valence-electron chi connectivity index (χ0n) is 9.79. The van der Waals surface area contributed by atoms with E-state index in [0.29, 0.717) is 12.4 Å². The Labute approximate surface area is 110 Å². The number of carbonyl (C=O) groups excluding carboxylic acids is 1. The van der Waals surface area contributed by atoms with E-state index in [9.17, 15) is 14.4 Å². The SMILES string of the molecule is O=C(COCCS)NCCCC(C(=O)O)C(=O)O. The molecule has 0 saturated carbocycles. The van der Waals surface area contributed by atoms with E-state index >= 15 is 0 Å². The summed E-state index contributed by atoms with van der Waals surface area (Å²) in [7, 11) is 0. The molecule has 0 rings (SSSR count). The predicted octanol–water partition coefficient (Wildman–Crippen LogP) is -0.385. The third-order valence-corrected chi connectivity index (χ3v) is 2.24. The quantitative estimate of drug-likeness (QED) is 0.246. The molecule has 0 aliphatic heterocycles. The van der Waals surface area contributed by atoms with Gasteiger partial charge in [-0.05, 0) is 12.8 Å². The summed E-state index contributed by atoms with van der Waals surface area (Å²) < 4.78 is 4.92. The van der Waals surface area contributed by atoms with Crippen LogP contribution in [0.4, 0.5) is 0 Å². The number of hydrogen-bond donors (Lipinski definition) is 4. The van der Waals surface area contributed by atoms with Gasteiger partial charge in [0.15, 0.2) is 5.92 Å². The largest absolute Gasteiger partial charge is 0.481 e. The lowest BCUT2D eigenvalue weighted by molar-refractivity contribution is -0.154. The molecule has 8 heteroatoms. The topological polar surface area (TPSA) is 113 Å². The fourth-order valence-corrected chi connectivity index (χ4v) is 1.30. The summed E-state index contributed by atoms with van der Waals surface area (Å²) in [5.74, 6) is -3.97. The molecule has 3 N–H and O–H groups in total. The lowest BCUT2D eigenvalue weighted by Gasteiger charge is -2.08. The number of carbonyl (C=O) groups is 3. The normalized spacial score (nSPS) is 10.3. The molecule has 1 amide bonds. The van der Waals surface area contributed by atoms with Crippen LogP contribution in [0.15, 0.2) is 0 Å². The number of hydrogen-bond acceptors (Lipinski definition) is 5. The second kappa shape index (κ2) is 9.72. The first-order valence-electron chi connectivity index (χ1n) is 5.40. The summed E-state index contributed by atoms with van der Waals surface area (Å²) in [4.78, 5) is 32.2. The lowest BCUT2D eigenvalue weighted by atomic mass is 10.0. The third kappa shape index (κ3) is 7.91. The summed E-state index contributed by atoms with van der Waals surface area (Å²) >= 11 is 3.90. The van der Waals surface area contributed by atoms with Gasteiger partial charge >= 0.3 is 11.9 Å². The molecule has 0 aliphatic rings. The standard InChI is InChI=1S/C10H17NO6S/c12-8(6-17-4-5-18)11-3-1-2-7(9(13)14)10(15)16/h7,18H,1-6H2,(H,11,12)(H,13,14)(H,15,16). The molecule has 0 aliphatic carbocycles. The Morgan fingerprint density at radius 3 is 2.33 bits per heavy atom. The van der Waals surface area contributed by atoms with E-state index in [4.69, 9.17) is 14.9 Å². The Hall–Kier alpha value is -1.28. The van der Waals surface area contributed by atoms with Crippen molar-refractivity contribution in [3.8, 4) is 0 Å². The summed E-state index contributed by atoms with van der Waals surface area (Å²) in [6.45, 7) is 0.513. The lowest BCUT2D eigenvalue weighted by Crippen LogP contribution is -2.30. The van der Waals surface area contributed by atoms with E-state index < -0.39 is 17.9 Å². The maximum absolute atomic E-state index is 11.1. The van der Waals surface area contributed by atoms with E-state index in [1.165, 1.54) is 0 Å². The highest BCUT2D eigenvalue weighted by molar-refractivity contribution is 7.80. The molecule has 0 aromatic rings. The Balaban J connectivity index is 3.68. The van der Waals surface area contributed by atoms with Crippen molar-refractivity contribution in [1.82, 2.24) is 5.32 Å². The van der Waals surface area contributed by atoms with E-state index in [0.717, 1.165) is 0 Å². The number of thiol groups is 1. The van der Waals surface area contributed by atoms with Crippen LogP contribution in [0, 0.1) is 5.92 Å². The number of amides is 1. The molecule has 0 atom stereocenters. The van der Waals surface area contributed by atoms with Gasteiger partial charge in [0.2, 0.25) is 5.91 Å². The Morgan fingerprint density at radius 1 is 1.22 bits per heavy atom. The zero-order valence-corrected chi connectivity index (χ0v) is 10.7. The van der Waals surface area contributed by atoms with Gasteiger partial charge in [0.05, 0.1) is 6.61 Å². The minimum Gasteiger partial charge on any atom is -0.481 e. The summed E-state index contributed by atoms with van der Waals surface area (Å²) in [6, 6.07) is 0. The van der Waals surface area contributed by atoms with Crippen LogP contribution in [-0.2, 0) is 19.1 Å². The number of nitrogens with one attached hydrogen (secondary N) is 1. The molecule has 0 saturated heterocycles. The van der Waals surface area contributed by atoms with Crippen LogP contribution in [0.3, 0.4) is 0 Å². The first kappa shape index (κ1) is 16.7. The number of carboxylic acids is 2. The number of carboxylic acid groups (broad SMARTS) is 2. The van der Waals surface area contributed by atoms with Gasteiger partial charge in [0.1, 0.15) is 6.61 Å². The Morgan fingerprint density at radius 2 is 1.83 bits per heavy atom. The van der Waals surface area contributed by atoms with Crippen molar-refractivity contribution < 1.29 is 29.3 Å². The highest BCUT2D eigenvalue weighted by Gasteiger charge is 2.24. The first-order valence-corrected chi connectivity index (χ1v) is 6.03. The summed E-state index contributed by atoms with van der Waals surface area (Å²) in [5, 5.41) is 19.7. The molecule has 0 bridgehead atoms. The van der Waals surface area contributed by atoms with Crippen LogP contribution < -0.4 is 5.32 Å². The zero-order chi connectivity index (χ0) is 14.0. The molecular weight excluding hydrogens is 262 g/mol. The molecule has 0 radical (unpaired) electrons. The van der Waals surface area contributed by atoms with Crippen molar-refractivity contribution in [2.75, 3.05) is 25.5 Å². The van der Waals surface area contributed by atoms with E-state index in [-0.39, 0.29) is 31.9 Å². The van der Waals surface area contributed by atoms with Gasteiger partial charge in [-0.25, -0.2) is 0 Å². The van der Waals surface area contributed by atoms with Crippen molar-refractivity contribution in [2.45, 2.75) is 12.8 Å². The van der Waals surface area contributed by atoms with Crippen LogP contribution in [0.1, 0.15) is 12.8 Å². The first-order chi connectivity index (χ1) is 8.49. The van der Waals surface area contributed by atoms with Crippen molar-refractivity contribution in [1.29, 1.82) is 0 Å². The van der Waals surface area contributed by atoms with Crippen LogP contribution in [0.5, 0.6) is 0 Å². The molecule has 0 aromatic carbocycles. The maximum atomic E-state index is 11.1. The molecule has 104 valence electrons. The smallest absolute Gasteiger partial charge is 0.317 e. The minimum absolute atomic E-state index is 0.0254. The minimum atomic E-state index is -1.43. The van der Waals surface area contributed by atoms with Crippen molar-refractivity contribution in [3.63, 3.8) is 0 Å². The summed E-state index contributed by atoms with van der Waals surface area (Å²) in [5.41, 5.74) is 0. The molecule has 0 spiro atoms. The van der Waals surface area contributed by atoms with Crippen molar-refractivity contribution in [2.24, 2.45) is 5.92 Å². The highest BCUT2D eigenvalue weighted by atomic mass is 32.1. The molecular formula is C10H17NO6S. The van der Waals surface area contributed by atoms with Gasteiger partial charge in [-0.15, -0.1) is 0 Å². The van der Waals surface area contributed by atoms with Gasteiger partial charge in [0.25, 0.3) is 0 Å².